The molecule has 0 atom stereocenters. The lowest BCUT2D eigenvalue weighted by atomic mass is 10.1. The van der Waals surface area contributed by atoms with E-state index in [1.807, 2.05) is 12.1 Å². The van der Waals surface area contributed by atoms with Gasteiger partial charge in [0.05, 0.1) is 25.5 Å². The van der Waals surface area contributed by atoms with Crippen molar-refractivity contribution >= 4 is 5.97 Å². The summed E-state index contributed by atoms with van der Waals surface area (Å²) in [6.45, 7) is 0. The molecule has 0 radical (unpaired) electrons. The second-order valence-electron chi connectivity index (χ2n) is 3.82. The van der Waals surface area contributed by atoms with Crippen LogP contribution in [0.1, 0.15) is 10.4 Å². The summed E-state index contributed by atoms with van der Waals surface area (Å²) in [4.78, 5) is 15.3. The standard InChI is InChI=1S/C14H13NO4/c1-18-11-5-3-9(4-6-11)12-7-10(14(16)17)8-13(15-12)19-2/h3-8H,1-2H3,(H,16,17). The van der Waals surface area contributed by atoms with Gasteiger partial charge < -0.3 is 14.6 Å². The van der Waals surface area contributed by atoms with E-state index in [2.05, 4.69) is 4.98 Å². The second kappa shape index (κ2) is 5.39. The second-order valence-corrected chi connectivity index (χ2v) is 3.82. The summed E-state index contributed by atoms with van der Waals surface area (Å²) in [6, 6.07) is 10.1. The molecule has 5 nitrogen and oxygen atoms in total. The Balaban J connectivity index is 2.47. The van der Waals surface area contributed by atoms with Gasteiger partial charge in [-0.2, -0.15) is 0 Å². The highest BCUT2D eigenvalue weighted by Crippen LogP contribution is 2.24. The molecule has 1 aromatic carbocycles. The summed E-state index contributed by atoms with van der Waals surface area (Å²) in [5.74, 6) is -0.0220. The molecule has 1 aromatic heterocycles. The van der Waals surface area contributed by atoms with Crippen LogP contribution in [0.3, 0.4) is 0 Å². The third kappa shape index (κ3) is 2.82. The summed E-state index contributed by atoms with van der Waals surface area (Å²) in [6.07, 6.45) is 0. The van der Waals surface area contributed by atoms with Gasteiger partial charge >= 0.3 is 5.97 Å². The molecule has 0 aliphatic heterocycles. The summed E-state index contributed by atoms with van der Waals surface area (Å²) in [7, 11) is 3.03. The topological polar surface area (TPSA) is 68.7 Å². The number of rotatable bonds is 4. The van der Waals surface area contributed by atoms with Crippen LogP contribution in [-0.4, -0.2) is 30.3 Å². The molecular formula is C14H13NO4. The Morgan fingerprint density at radius 2 is 1.79 bits per heavy atom. The van der Waals surface area contributed by atoms with Crippen LogP contribution in [0.4, 0.5) is 0 Å². The molecule has 2 rings (SSSR count). The largest absolute Gasteiger partial charge is 0.497 e. The molecular weight excluding hydrogens is 246 g/mol. The fourth-order valence-electron chi connectivity index (χ4n) is 1.64. The normalized spacial score (nSPS) is 10.0. The number of carboxylic acid groups (broad SMARTS) is 1. The third-order valence-electron chi connectivity index (χ3n) is 2.64. The minimum absolute atomic E-state index is 0.137. The highest BCUT2D eigenvalue weighted by atomic mass is 16.5. The van der Waals surface area contributed by atoms with Crippen molar-refractivity contribution in [1.29, 1.82) is 0 Å². The van der Waals surface area contributed by atoms with Gasteiger partial charge in [-0.3, -0.25) is 0 Å². The maximum Gasteiger partial charge on any atom is 0.335 e. The Hall–Kier alpha value is -2.56. The molecule has 98 valence electrons. The Morgan fingerprint density at radius 1 is 1.11 bits per heavy atom. The Bertz CT molecular complexity index is 593. The average molecular weight is 259 g/mol. The summed E-state index contributed by atoms with van der Waals surface area (Å²) in [5, 5.41) is 9.05. The van der Waals surface area contributed by atoms with E-state index in [0.29, 0.717) is 5.69 Å². The van der Waals surface area contributed by atoms with Crippen molar-refractivity contribution in [2.24, 2.45) is 0 Å². The van der Waals surface area contributed by atoms with Gasteiger partial charge in [-0.25, -0.2) is 9.78 Å². The average Bonchev–Trinajstić information content (AvgIpc) is 2.46. The zero-order valence-corrected chi connectivity index (χ0v) is 10.6. The number of aromatic carboxylic acids is 1. The quantitative estimate of drug-likeness (QED) is 0.913. The maximum atomic E-state index is 11.0. The Kier molecular flexibility index (Phi) is 3.66. The van der Waals surface area contributed by atoms with Gasteiger partial charge in [-0.15, -0.1) is 0 Å². The van der Waals surface area contributed by atoms with Crippen molar-refractivity contribution in [3.63, 3.8) is 0 Å². The Morgan fingerprint density at radius 3 is 2.32 bits per heavy atom. The predicted molar refractivity (Wildman–Crippen MR) is 69.7 cm³/mol. The van der Waals surface area contributed by atoms with Crippen molar-refractivity contribution in [3.05, 3.63) is 42.0 Å². The van der Waals surface area contributed by atoms with Crippen molar-refractivity contribution in [2.45, 2.75) is 0 Å². The molecule has 0 aliphatic carbocycles. The number of methoxy groups -OCH3 is 2. The first-order valence-electron chi connectivity index (χ1n) is 5.58. The fourth-order valence-corrected chi connectivity index (χ4v) is 1.64. The van der Waals surface area contributed by atoms with E-state index in [0.717, 1.165) is 11.3 Å². The molecule has 2 aromatic rings. The monoisotopic (exact) mass is 259 g/mol. The van der Waals surface area contributed by atoms with E-state index < -0.39 is 5.97 Å². The fraction of sp³-hybridized carbons (Fsp3) is 0.143. The zero-order chi connectivity index (χ0) is 13.8. The first-order chi connectivity index (χ1) is 9.13. The van der Waals surface area contributed by atoms with E-state index >= 15 is 0 Å². The lowest BCUT2D eigenvalue weighted by molar-refractivity contribution is 0.0696. The molecule has 0 amide bonds. The molecule has 0 fully saturated rings. The number of ether oxygens (including phenoxy) is 2. The van der Waals surface area contributed by atoms with E-state index in [1.54, 1.807) is 19.2 Å². The van der Waals surface area contributed by atoms with Crippen LogP contribution in [-0.2, 0) is 0 Å². The number of nitrogens with zero attached hydrogens (tertiary/aromatic N) is 1. The molecule has 1 heterocycles. The first-order valence-corrected chi connectivity index (χ1v) is 5.58. The van der Waals surface area contributed by atoms with E-state index in [9.17, 15) is 4.79 Å². The van der Waals surface area contributed by atoms with Gasteiger partial charge in [0.1, 0.15) is 5.75 Å². The van der Waals surface area contributed by atoms with Gasteiger partial charge in [-0.1, -0.05) is 0 Å². The van der Waals surface area contributed by atoms with Crippen LogP contribution in [0.5, 0.6) is 11.6 Å². The van der Waals surface area contributed by atoms with Crippen LogP contribution in [0.2, 0.25) is 0 Å². The predicted octanol–water partition coefficient (Wildman–Crippen LogP) is 2.46. The number of hydrogen-bond donors (Lipinski definition) is 1. The molecule has 0 bridgehead atoms. The third-order valence-corrected chi connectivity index (χ3v) is 2.64. The molecule has 1 N–H and O–H groups in total. The smallest absolute Gasteiger partial charge is 0.335 e. The van der Waals surface area contributed by atoms with E-state index in [4.69, 9.17) is 14.6 Å². The van der Waals surface area contributed by atoms with Crippen molar-refractivity contribution in [1.82, 2.24) is 4.98 Å². The molecule has 0 spiro atoms. The molecule has 0 saturated heterocycles. The van der Waals surface area contributed by atoms with Crippen LogP contribution >= 0.6 is 0 Å². The number of pyridine rings is 1. The van der Waals surface area contributed by atoms with Crippen LogP contribution in [0, 0.1) is 0 Å². The lowest BCUT2D eigenvalue weighted by Crippen LogP contribution is -2.00. The lowest BCUT2D eigenvalue weighted by Gasteiger charge is -2.07. The minimum atomic E-state index is -1.02. The first kappa shape index (κ1) is 12.9. The SMILES string of the molecule is COc1ccc(-c2cc(C(=O)O)cc(OC)n2)cc1. The molecule has 0 unspecified atom stereocenters. The maximum absolute atomic E-state index is 11.0. The molecule has 19 heavy (non-hydrogen) atoms. The van der Waals surface area contributed by atoms with Gasteiger partial charge in [0.2, 0.25) is 5.88 Å². The molecule has 5 heteroatoms. The van der Waals surface area contributed by atoms with Gasteiger partial charge in [0.15, 0.2) is 0 Å². The summed E-state index contributed by atoms with van der Waals surface area (Å²) in [5.41, 5.74) is 1.47. The van der Waals surface area contributed by atoms with Crippen LogP contribution < -0.4 is 9.47 Å². The van der Waals surface area contributed by atoms with Gasteiger partial charge in [0, 0.05) is 11.6 Å². The molecule has 0 aliphatic rings. The van der Waals surface area contributed by atoms with E-state index in [-0.39, 0.29) is 11.4 Å². The minimum Gasteiger partial charge on any atom is -0.497 e. The summed E-state index contributed by atoms with van der Waals surface area (Å²) >= 11 is 0. The highest BCUT2D eigenvalue weighted by molar-refractivity contribution is 5.89. The number of carboxylic acids is 1. The van der Waals surface area contributed by atoms with Crippen molar-refractivity contribution < 1.29 is 19.4 Å². The van der Waals surface area contributed by atoms with Gasteiger partial charge in [0.25, 0.3) is 0 Å². The number of hydrogen-bond acceptors (Lipinski definition) is 4. The zero-order valence-electron chi connectivity index (χ0n) is 10.6. The number of aromatic nitrogens is 1. The van der Waals surface area contributed by atoms with Crippen molar-refractivity contribution in [2.75, 3.05) is 14.2 Å². The highest BCUT2D eigenvalue weighted by Gasteiger charge is 2.10. The van der Waals surface area contributed by atoms with E-state index in [1.165, 1.54) is 19.2 Å². The van der Waals surface area contributed by atoms with Crippen LogP contribution in [0.25, 0.3) is 11.3 Å². The molecule has 0 saturated carbocycles. The summed E-state index contributed by atoms with van der Waals surface area (Å²) < 4.78 is 10.1. The number of benzene rings is 1. The number of carbonyl (C=O) groups is 1. The van der Waals surface area contributed by atoms with Crippen LogP contribution in [0.15, 0.2) is 36.4 Å². The van der Waals surface area contributed by atoms with Gasteiger partial charge in [-0.05, 0) is 30.3 Å². The Labute approximate surface area is 110 Å². The van der Waals surface area contributed by atoms with Crippen molar-refractivity contribution in [3.8, 4) is 22.9 Å².